The van der Waals surface area contributed by atoms with E-state index in [0.29, 0.717) is 6.42 Å². The summed E-state index contributed by atoms with van der Waals surface area (Å²) in [7, 11) is 1.65. The van der Waals surface area contributed by atoms with E-state index in [1.165, 1.54) is 0 Å². The zero-order chi connectivity index (χ0) is 22.8. The van der Waals surface area contributed by atoms with E-state index in [9.17, 15) is 4.79 Å². The zero-order valence-corrected chi connectivity index (χ0v) is 19.9. The molecule has 4 aromatic rings. The van der Waals surface area contributed by atoms with Crippen LogP contribution in [0, 0.1) is 0 Å². The molecule has 1 aromatic heterocycles. The third kappa shape index (κ3) is 4.73. The molecule has 6 nitrogen and oxygen atoms in total. The van der Waals surface area contributed by atoms with E-state index in [1.807, 2.05) is 60.7 Å². The van der Waals surface area contributed by atoms with Crippen molar-refractivity contribution in [3.63, 3.8) is 0 Å². The average molecular weight is 505 g/mol. The molecule has 168 valence electrons. The van der Waals surface area contributed by atoms with Gasteiger partial charge in [0.2, 0.25) is 0 Å². The Kier molecular flexibility index (Phi) is 5.81. The van der Waals surface area contributed by atoms with E-state index in [0.717, 1.165) is 51.0 Å². The van der Waals surface area contributed by atoms with Crippen LogP contribution < -0.4 is 15.4 Å². The molecule has 0 aliphatic heterocycles. The average Bonchev–Trinajstić information content (AvgIpc) is 3.47. The van der Waals surface area contributed by atoms with Gasteiger partial charge in [-0.15, -0.1) is 0 Å². The number of hydrogen-bond acceptors (Lipinski definition) is 3. The number of para-hydroxylation sites is 2. The maximum Gasteiger partial charge on any atom is 0.316 e. The standard InChI is InChI=1S/C26H25BrN4O2/c1-33-20-12-6-17(7-13-20)16-23(24-28-21-4-2-3-5-22(21)29-24)30-25(32)31-26(14-15-26)18-8-10-19(27)11-9-18/h2-13,23H,14-16H2,1H3,(H,28,29)(H2,30,31,32). The Morgan fingerprint density at radius 1 is 1.09 bits per heavy atom. The molecule has 0 radical (unpaired) electrons. The highest BCUT2D eigenvalue weighted by atomic mass is 79.9. The van der Waals surface area contributed by atoms with Crippen molar-refractivity contribution in [2.75, 3.05) is 7.11 Å². The van der Waals surface area contributed by atoms with E-state index in [-0.39, 0.29) is 17.6 Å². The number of fused-ring (bicyclic) bond motifs is 1. The first kappa shape index (κ1) is 21.5. The second-order valence-corrected chi connectivity index (χ2v) is 9.35. The molecule has 1 saturated carbocycles. The Hall–Kier alpha value is -3.32. The lowest BCUT2D eigenvalue weighted by atomic mass is 10.0. The fraction of sp³-hybridized carbons (Fsp3) is 0.231. The number of hydrogen-bond donors (Lipinski definition) is 3. The highest BCUT2D eigenvalue weighted by molar-refractivity contribution is 9.10. The molecule has 1 aliphatic rings. The number of nitrogens with zero attached hydrogens (tertiary/aromatic N) is 1. The lowest BCUT2D eigenvalue weighted by molar-refractivity contribution is 0.231. The molecule has 1 unspecified atom stereocenters. The Morgan fingerprint density at radius 3 is 2.48 bits per heavy atom. The molecule has 0 saturated heterocycles. The highest BCUT2D eigenvalue weighted by Crippen LogP contribution is 2.45. The third-order valence-corrected chi connectivity index (χ3v) is 6.67. The van der Waals surface area contributed by atoms with Gasteiger partial charge in [0, 0.05) is 4.47 Å². The van der Waals surface area contributed by atoms with Crippen molar-refractivity contribution in [2.45, 2.75) is 30.8 Å². The largest absolute Gasteiger partial charge is 0.497 e. The number of rotatable bonds is 7. The van der Waals surface area contributed by atoms with Crippen LogP contribution in [-0.4, -0.2) is 23.1 Å². The summed E-state index contributed by atoms with van der Waals surface area (Å²) in [5.74, 6) is 1.53. The lowest BCUT2D eigenvalue weighted by Gasteiger charge is -2.22. The van der Waals surface area contributed by atoms with Crippen LogP contribution in [0.1, 0.15) is 35.8 Å². The van der Waals surface area contributed by atoms with Gasteiger partial charge in [-0.3, -0.25) is 0 Å². The fourth-order valence-corrected chi connectivity index (χ4v) is 4.41. The number of nitrogens with one attached hydrogen (secondary N) is 3. The first-order valence-corrected chi connectivity index (χ1v) is 11.8. The van der Waals surface area contributed by atoms with Crippen molar-refractivity contribution >= 4 is 33.0 Å². The Balaban J connectivity index is 1.37. The second-order valence-electron chi connectivity index (χ2n) is 8.43. The number of benzene rings is 3. The topological polar surface area (TPSA) is 79.0 Å². The quantitative estimate of drug-likeness (QED) is 0.306. The number of ether oxygens (including phenoxy) is 1. The summed E-state index contributed by atoms with van der Waals surface area (Å²) < 4.78 is 6.30. The number of halogens is 1. The summed E-state index contributed by atoms with van der Waals surface area (Å²) >= 11 is 3.48. The number of carbonyl (C=O) groups is 1. The fourth-order valence-electron chi connectivity index (χ4n) is 4.14. The van der Waals surface area contributed by atoms with Gasteiger partial charge < -0.3 is 20.4 Å². The van der Waals surface area contributed by atoms with E-state index in [4.69, 9.17) is 9.72 Å². The smallest absolute Gasteiger partial charge is 0.316 e. The Bertz CT molecular complexity index is 1230. The molecule has 5 rings (SSSR count). The molecule has 1 fully saturated rings. The van der Waals surface area contributed by atoms with Crippen molar-refractivity contribution in [3.05, 3.63) is 94.2 Å². The zero-order valence-electron chi connectivity index (χ0n) is 18.3. The Morgan fingerprint density at radius 2 is 1.82 bits per heavy atom. The number of urea groups is 1. The van der Waals surface area contributed by atoms with Crippen molar-refractivity contribution in [1.82, 2.24) is 20.6 Å². The van der Waals surface area contributed by atoms with Crippen LogP contribution in [0.3, 0.4) is 0 Å². The minimum absolute atomic E-state index is 0.200. The Labute approximate surface area is 200 Å². The van der Waals surface area contributed by atoms with Gasteiger partial charge in [-0.2, -0.15) is 0 Å². The number of aromatic nitrogens is 2. The number of aromatic amines is 1. The molecule has 1 atom stereocenters. The van der Waals surface area contributed by atoms with Gasteiger partial charge in [0.05, 0.1) is 29.7 Å². The first-order chi connectivity index (χ1) is 16.0. The highest BCUT2D eigenvalue weighted by Gasteiger charge is 2.45. The van der Waals surface area contributed by atoms with E-state index in [2.05, 4.69) is 43.7 Å². The van der Waals surface area contributed by atoms with Crippen LogP contribution in [0.25, 0.3) is 11.0 Å². The van der Waals surface area contributed by atoms with Gasteiger partial charge in [0.15, 0.2) is 0 Å². The molecule has 3 aromatic carbocycles. The van der Waals surface area contributed by atoms with Gasteiger partial charge in [-0.1, -0.05) is 52.3 Å². The SMILES string of the molecule is COc1ccc(CC(NC(=O)NC2(c3ccc(Br)cc3)CC2)c2nc3ccccc3[nH]2)cc1. The monoisotopic (exact) mass is 504 g/mol. The molecule has 7 heteroatoms. The van der Waals surface area contributed by atoms with Crippen LogP contribution in [0.4, 0.5) is 4.79 Å². The van der Waals surface area contributed by atoms with E-state index in [1.54, 1.807) is 7.11 Å². The summed E-state index contributed by atoms with van der Waals surface area (Å²) in [6.07, 6.45) is 2.45. The molecule has 0 spiro atoms. The minimum Gasteiger partial charge on any atom is -0.497 e. The van der Waals surface area contributed by atoms with Crippen LogP contribution in [-0.2, 0) is 12.0 Å². The maximum absolute atomic E-state index is 13.1. The van der Waals surface area contributed by atoms with Crippen molar-refractivity contribution in [2.24, 2.45) is 0 Å². The molecule has 3 N–H and O–H groups in total. The molecule has 1 aliphatic carbocycles. The number of imidazole rings is 1. The summed E-state index contributed by atoms with van der Waals surface area (Å²) in [4.78, 5) is 21.3. The van der Waals surface area contributed by atoms with Gasteiger partial charge in [-0.25, -0.2) is 9.78 Å². The van der Waals surface area contributed by atoms with Crippen molar-refractivity contribution in [3.8, 4) is 5.75 Å². The van der Waals surface area contributed by atoms with Gasteiger partial charge in [0.25, 0.3) is 0 Å². The summed E-state index contributed by atoms with van der Waals surface area (Å²) in [5.41, 5.74) is 3.72. The molecule has 33 heavy (non-hydrogen) atoms. The third-order valence-electron chi connectivity index (χ3n) is 6.14. The normalized spacial score (nSPS) is 15.1. The number of amides is 2. The van der Waals surface area contributed by atoms with Crippen molar-refractivity contribution < 1.29 is 9.53 Å². The first-order valence-electron chi connectivity index (χ1n) is 11.0. The van der Waals surface area contributed by atoms with Crippen LogP contribution in [0.15, 0.2) is 77.3 Å². The minimum atomic E-state index is -0.313. The van der Waals surface area contributed by atoms with Gasteiger partial charge >= 0.3 is 6.03 Å². The lowest BCUT2D eigenvalue weighted by Crippen LogP contribution is -2.44. The second kappa shape index (κ2) is 8.90. The molecular formula is C26H25BrN4O2. The van der Waals surface area contributed by atoms with E-state index >= 15 is 0 Å². The number of carbonyl (C=O) groups excluding carboxylic acids is 1. The van der Waals surface area contributed by atoms with E-state index < -0.39 is 0 Å². The van der Waals surface area contributed by atoms with Crippen molar-refractivity contribution in [1.29, 1.82) is 0 Å². The summed E-state index contributed by atoms with van der Waals surface area (Å²) in [6, 6.07) is 23.4. The predicted molar refractivity (Wildman–Crippen MR) is 132 cm³/mol. The maximum atomic E-state index is 13.1. The van der Waals surface area contributed by atoms with Crippen LogP contribution in [0.2, 0.25) is 0 Å². The molecule has 0 bridgehead atoms. The molecular weight excluding hydrogens is 480 g/mol. The van der Waals surface area contributed by atoms with Crippen LogP contribution >= 0.6 is 15.9 Å². The molecule has 2 amide bonds. The van der Waals surface area contributed by atoms with Crippen LogP contribution in [0.5, 0.6) is 5.75 Å². The molecule has 1 heterocycles. The van der Waals surface area contributed by atoms with Gasteiger partial charge in [-0.05, 0) is 66.8 Å². The van der Waals surface area contributed by atoms with Gasteiger partial charge in [0.1, 0.15) is 11.6 Å². The number of methoxy groups -OCH3 is 1. The summed E-state index contributed by atoms with van der Waals surface area (Å²) in [5, 5.41) is 6.38. The summed E-state index contributed by atoms with van der Waals surface area (Å²) in [6.45, 7) is 0. The predicted octanol–water partition coefficient (Wildman–Crippen LogP) is 5.61. The number of H-pyrrole nitrogens is 1.